The van der Waals surface area contributed by atoms with Gasteiger partial charge in [-0.05, 0) is 12.8 Å². The Morgan fingerprint density at radius 3 is 2.23 bits per heavy atom. The second-order valence-electron chi connectivity index (χ2n) is 7.13. The highest BCUT2D eigenvalue weighted by molar-refractivity contribution is 5.80. The molecule has 1 amide bonds. The number of aliphatic imine (C=N–C) groups is 1. The molecule has 7 nitrogen and oxygen atoms in total. The van der Waals surface area contributed by atoms with Crippen LogP contribution in [0.15, 0.2) is 4.99 Å². The SMILES string of the molecule is CCNC(=NCC(CC)CC)N1CCN(CC(=O)N2CCOCC2)CC1. The topological polar surface area (TPSA) is 60.4 Å². The molecule has 0 spiro atoms. The summed E-state index contributed by atoms with van der Waals surface area (Å²) in [6.45, 7) is 15.3. The molecule has 0 aromatic heterocycles. The summed E-state index contributed by atoms with van der Waals surface area (Å²) in [6.07, 6.45) is 2.35. The average Bonchev–Trinajstić information content (AvgIpc) is 2.69. The first kappa shape index (κ1) is 21.0. The Morgan fingerprint density at radius 2 is 1.65 bits per heavy atom. The maximum Gasteiger partial charge on any atom is 0.236 e. The molecule has 0 aromatic rings. The third kappa shape index (κ3) is 6.43. The van der Waals surface area contributed by atoms with Gasteiger partial charge in [-0.25, -0.2) is 0 Å². The van der Waals surface area contributed by atoms with E-state index in [0.29, 0.717) is 25.7 Å². The maximum absolute atomic E-state index is 12.4. The molecular weight excluding hydrogens is 330 g/mol. The van der Waals surface area contributed by atoms with E-state index >= 15 is 0 Å². The molecule has 0 aromatic carbocycles. The van der Waals surface area contributed by atoms with E-state index in [0.717, 1.165) is 58.3 Å². The van der Waals surface area contributed by atoms with Crippen molar-refractivity contribution in [3.8, 4) is 0 Å². The van der Waals surface area contributed by atoms with Crippen LogP contribution in [0.4, 0.5) is 0 Å². The summed E-state index contributed by atoms with van der Waals surface area (Å²) in [5.74, 6) is 1.92. The molecule has 0 atom stereocenters. The van der Waals surface area contributed by atoms with Gasteiger partial charge in [0.2, 0.25) is 5.91 Å². The Hall–Kier alpha value is -1.34. The van der Waals surface area contributed by atoms with Crippen LogP contribution < -0.4 is 5.32 Å². The van der Waals surface area contributed by atoms with Crippen LogP contribution in [-0.4, -0.2) is 98.7 Å². The van der Waals surface area contributed by atoms with Crippen molar-refractivity contribution in [1.29, 1.82) is 0 Å². The smallest absolute Gasteiger partial charge is 0.236 e. The van der Waals surface area contributed by atoms with Gasteiger partial charge >= 0.3 is 0 Å². The number of nitrogens with one attached hydrogen (secondary N) is 1. The van der Waals surface area contributed by atoms with Crippen LogP contribution in [-0.2, 0) is 9.53 Å². The van der Waals surface area contributed by atoms with Gasteiger partial charge in [0.15, 0.2) is 5.96 Å². The minimum Gasteiger partial charge on any atom is -0.378 e. The number of guanidine groups is 1. The fraction of sp³-hybridized carbons (Fsp3) is 0.895. The first-order chi connectivity index (χ1) is 12.7. The van der Waals surface area contributed by atoms with Crippen molar-refractivity contribution in [2.24, 2.45) is 10.9 Å². The van der Waals surface area contributed by atoms with Crippen molar-refractivity contribution in [2.45, 2.75) is 33.6 Å². The molecule has 0 aliphatic carbocycles. The highest BCUT2D eigenvalue weighted by Gasteiger charge is 2.24. The molecule has 2 saturated heterocycles. The average molecular weight is 368 g/mol. The number of hydrogen-bond donors (Lipinski definition) is 1. The predicted octanol–water partition coefficient (Wildman–Crippen LogP) is 0.865. The quantitative estimate of drug-likeness (QED) is 0.534. The second kappa shape index (κ2) is 11.4. The minimum atomic E-state index is 0.232. The van der Waals surface area contributed by atoms with Crippen molar-refractivity contribution in [3.63, 3.8) is 0 Å². The van der Waals surface area contributed by atoms with Crippen LogP contribution in [0.1, 0.15) is 33.6 Å². The lowest BCUT2D eigenvalue weighted by Crippen LogP contribution is -2.55. The number of morpholine rings is 1. The zero-order valence-corrected chi connectivity index (χ0v) is 16.9. The Kier molecular flexibility index (Phi) is 9.18. The largest absolute Gasteiger partial charge is 0.378 e. The van der Waals surface area contributed by atoms with Crippen LogP contribution in [0.25, 0.3) is 0 Å². The van der Waals surface area contributed by atoms with Gasteiger partial charge in [0, 0.05) is 52.4 Å². The third-order valence-electron chi connectivity index (χ3n) is 5.38. The fourth-order valence-electron chi connectivity index (χ4n) is 3.41. The van der Waals surface area contributed by atoms with Gasteiger partial charge in [-0.3, -0.25) is 14.7 Å². The van der Waals surface area contributed by atoms with Crippen molar-refractivity contribution in [3.05, 3.63) is 0 Å². The van der Waals surface area contributed by atoms with Gasteiger partial charge in [-0.1, -0.05) is 26.7 Å². The lowest BCUT2D eigenvalue weighted by atomic mass is 10.0. The number of hydrogen-bond acceptors (Lipinski definition) is 4. The standard InChI is InChI=1S/C19H37N5O2/c1-4-17(5-2)15-21-19(20-6-3)24-9-7-22(8-10-24)16-18(25)23-11-13-26-14-12-23/h17H,4-16H2,1-3H3,(H,20,21). The van der Waals surface area contributed by atoms with E-state index in [-0.39, 0.29) is 5.91 Å². The molecule has 2 fully saturated rings. The van der Waals surface area contributed by atoms with Crippen LogP contribution in [0.3, 0.4) is 0 Å². The molecule has 0 bridgehead atoms. The first-order valence-electron chi connectivity index (χ1n) is 10.3. The monoisotopic (exact) mass is 367 g/mol. The number of carbonyl (C=O) groups excluding carboxylic acids is 1. The Morgan fingerprint density at radius 1 is 1.00 bits per heavy atom. The summed E-state index contributed by atoms with van der Waals surface area (Å²) >= 11 is 0. The van der Waals surface area contributed by atoms with Crippen LogP contribution in [0.5, 0.6) is 0 Å². The summed E-state index contributed by atoms with van der Waals surface area (Å²) in [7, 11) is 0. The summed E-state index contributed by atoms with van der Waals surface area (Å²) in [6, 6.07) is 0. The molecule has 150 valence electrons. The molecule has 2 aliphatic heterocycles. The van der Waals surface area contributed by atoms with Crippen molar-refractivity contribution < 1.29 is 9.53 Å². The van der Waals surface area contributed by atoms with E-state index < -0.39 is 0 Å². The molecule has 2 heterocycles. The molecule has 1 N–H and O–H groups in total. The van der Waals surface area contributed by atoms with E-state index in [4.69, 9.17) is 9.73 Å². The van der Waals surface area contributed by atoms with Gasteiger partial charge in [0.05, 0.1) is 19.8 Å². The van der Waals surface area contributed by atoms with E-state index in [1.54, 1.807) is 0 Å². The predicted molar refractivity (Wildman–Crippen MR) is 105 cm³/mol. The zero-order chi connectivity index (χ0) is 18.8. The first-order valence-corrected chi connectivity index (χ1v) is 10.3. The lowest BCUT2D eigenvalue weighted by Gasteiger charge is -2.37. The van der Waals surface area contributed by atoms with E-state index in [1.807, 2.05) is 4.90 Å². The normalized spacial score (nSPS) is 19.9. The van der Waals surface area contributed by atoms with Crippen molar-refractivity contribution >= 4 is 11.9 Å². The maximum atomic E-state index is 12.4. The van der Waals surface area contributed by atoms with Crippen molar-refractivity contribution in [1.82, 2.24) is 20.0 Å². The number of nitrogens with zero attached hydrogens (tertiary/aromatic N) is 4. The zero-order valence-electron chi connectivity index (χ0n) is 16.9. The van der Waals surface area contributed by atoms with Gasteiger partial charge in [-0.15, -0.1) is 0 Å². The highest BCUT2D eigenvalue weighted by atomic mass is 16.5. The molecule has 0 saturated carbocycles. The lowest BCUT2D eigenvalue weighted by molar-refractivity contribution is -0.136. The third-order valence-corrected chi connectivity index (χ3v) is 5.38. The van der Waals surface area contributed by atoms with E-state index in [2.05, 4.69) is 35.9 Å². The number of piperazine rings is 1. The van der Waals surface area contributed by atoms with Crippen LogP contribution in [0, 0.1) is 5.92 Å². The molecule has 0 unspecified atom stereocenters. The highest BCUT2D eigenvalue weighted by Crippen LogP contribution is 2.09. The molecule has 26 heavy (non-hydrogen) atoms. The molecule has 0 radical (unpaired) electrons. The Balaban J connectivity index is 1.80. The molecular formula is C19H37N5O2. The van der Waals surface area contributed by atoms with Crippen molar-refractivity contribution in [2.75, 3.05) is 72.1 Å². The molecule has 7 heteroatoms. The minimum absolute atomic E-state index is 0.232. The van der Waals surface area contributed by atoms with Gasteiger partial charge in [0.25, 0.3) is 0 Å². The number of ether oxygens (including phenoxy) is 1. The second-order valence-corrected chi connectivity index (χ2v) is 7.13. The van der Waals surface area contributed by atoms with Crippen LogP contribution in [0.2, 0.25) is 0 Å². The molecule has 2 aliphatic rings. The summed E-state index contributed by atoms with van der Waals surface area (Å²) < 4.78 is 5.32. The van der Waals surface area contributed by atoms with E-state index in [9.17, 15) is 4.79 Å². The summed E-state index contributed by atoms with van der Waals surface area (Å²) in [4.78, 5) is 23.8. The van der Waals surface area contributed by atoms with Gasteiger partial charge in [0.1, 0.15) is 0 Å². The van der Waals surface area contributed by atoms with E-state index in [1.165, 1.54) is 12.8 Å². The van der Waals surface area contributed by atoms with Gasteiger partial charge < -0.3 is 19.9 Å². The fourth-order valence-corrected chi connectivity index (χ4v) is 3.41. The summed E-state index contributed by atoms with van der Waals surface area (Å²) in [5.41, 5.74) is 0. The number of rotatable bonds is 7. The number of amides is 1. The Bertz CT molecular complexity index is 439. The summed E-state index contributed by atoms with van der Waals surface area (Å²) in [5, 5.41) is 3.43. The number of carbonyl (C=O) groups is 1. The molecule has 2 rings (SSSR count). The Labute approximate surface area is 158 Å². The van der Waals surface area contributed by atoms with Gasteiger partial charge in [-0.2, -0.15) is 0 Å². The van der Waals surface area contributed by atoms with Crippen LogP contribution >= 0.6 is 0 Å².